The topological polar surface area (TPSA) is 41.6 Å². The Hall–Kier alpha value is -0.910. The molecule has 4 nitrogen and oxygen atoms in total. The number of ether oxygens (including phenoxy) is 1. The first kappa shape index (κ1) is 15.5. The van der Waals surface area contributed by atoms with Crippen LogP contribution in [0.3, 0.4) is 0 Å². The van der Waals surface area contributed by atoms with E-state index in [2.05, 4.69) is 38.2 Å². The van der Waals surface area contributed by atoms with Crippen LogP contribution >= 0.6 is 11.3 Å². The summed E-state index contributed by atoms with van der Waals surface area (Å²) < 4.78 is 5.63. The highest BCUT2D eigenvalue weighted by Crippen LogP contribution is 2.28. The molecule has 0 aromatic carbocycles. The van der Waals surface area contributed by atoms with Crippen molar-refractivity contribution in [3.8, 4) is 0 Å². The maximum absolute atomic E-state index is 11.9. The smallest absolute Gasteiger partial charge is 0.238 e. The third kappa shape index (κ3) is 4.04. The van der Waals surface area contributed by atoms with E-state index in [9.17, 15) is 4.79 Å². The van der Waals surface area contributed by atoms with Gasteiger partial charge in [-0.3, -0.25) is 10.1 Å². The lowest BCUT2D eigenvalue weighted by Crippen LogP contribution is -2.33. The minimum Gasteiger partial charge on any atom is -0.380 e. The van der Waals surface area contributed by atoms with Gasteiger partial charge in [-0.25, -0.2) is 0 Å². The van der Waals surface area contributed by atoms with E-state index in [1.165, 1.54) is 9.75 Å². The van der Waals surface area contributed by atoms with E-state index in [1.54, 1.807) is 11.3 Å². The fourth-order valence-electron chi connectivity index (χ4n) is 2.23. The van der Waals surface area contributed by atoms with Gasteiger partial charge in [-0.15, -0.1) is 11.3 Å². The van der Waals surface area contributed by atoms with Crippen LogP contribution < -0.4 is 5.32 Å². The molecule has 1 aromatic heterocycles. The van der Waals surface area contributed by atoms with Gasteiger partial charge in [0, 0.05) is 22.9 Å². The summed E-state index contributed by atoms with van der Waals surface area (Å²) in [6.07, 6.45) is 1.09. The zero-order chi connectivity index (χ0) is 14.5. The third-order valence-corrected chi connectivity index (χ3v) is 4.48. The van der Waals surface area contributed by atoms with Gasteiger partial charge in [-0.05, 0) is 31.4 Å². The Morgan fingerprint density at radius 3 is 2.90 bits per heavy atom. The molecule has 20 heavy (non-hydrogen) atoms. The first-order valence-electron chi connectivity index (χ1n) is 7.25. The van der Waals surface area contributed by atoms with Gasteiger partial charge in [0.1, 0.15) is 6.17 Å². The van der Waals surface area contributed by atoms with Gasteiger partial charge in [0.15, 0.2) is 0 Å². The van der Waals surface area contributed by atoms with E-state index >= 15 is 0 Å². The van der Waals surface area contributed by atoms with Crippen molar-refractivity contribution in [1.29, 1.82) is 0 Å². The number of nitrogens with zero attached hydrogens (tertiary/aromatic N) is 1. The molecule has 0 radical (unpaired) electrons. The van der Waals surface area contributed by atoms with E-state index < -0.39 is 0 Å². The van der Waals surface area contributed by atoms with Gasteiger partial charge < -0.3 is 9.64 Å². The molecular weight excluding hydrogens is 272 g/mol. The molecule has 1 fully saturated rings. The van der Waals surface area contributed by atoms with Crippen LogP contribution in [-0.4, -0.2) is 37.1 Å². The van der Waals surface area contributed by atoms with Crippen LogP contribution in [0, 0.1) is 12.8 Å². The fourth-order valence-corrected chi connectivity index (χ4v) is 3.20. The SMILES string of the molecule is Cc1ccc(C2NCC(=O)N2CCOCCC(C)C)s1. The molecule has 1 saturated heterocycles. The maximum Gasteiger partial charge on any atom is 0.238 e. The molecule has 2 rings (SSSR count). The number of rotatable bonds is 7. The molecule has 0 spiro atoms. The molecule has 0 aliphatic carbocycles. The third-order valence-electron chi connectivity index (χ3n) is 3.43. The summed E-state index contributed by atoms with van der Waals surface area (Å²) in [4.78, 5) is 16.3. The first-order chi connectivity index (χ1) is 9.58. The lowest BCUT2D eigenvalue weighted by Gasteiger charge is -2.23. The van der Waals surface area contributed by atoms with E-state index in [-0.39, 0.29) is 12.1 Å². The minimum absolute atomic E-state index is 0.0231. The van der Waals surface area contributed by atoms with Gasteiger partial charge in [0.25, 0.3) is 0 Å². The fraction of sp³-hybridized carbons (Fsp3) is 0.667. The highest BCUT2D eigenvalue weighted by Gasteiger charge is 2.31. The predicted molar refractivity (Wildman–Crippen MR) is 81.8 cm³/mol. The molecular formula is C15H24N2O2S. The first-order valence-corrected chi connectivity index (χ1v) is 8.06. The monoisotopic (exact) mass is 296 g/mol. The van der Waals surface area contributed by atoms with Crippen LogP contribution in [0.2, 0.25) is 0 Å². The van der Waals surface area contributed by atoms with Gasteiger partial charge in [0.2, 0.25) is 5.91 Å². The summed E-state index contributed by atoms with van der Waals surface area (Å²) in [6.45, 7) is 8.93. The molecule has 2 heterocycles. The van der Waals surface area contributed by atoms with E-state index in [4.69, 9.17) is 4.74 Å². The van der Waals surface area contributed by atoms with Crippen molar-refractivity contribution in [3.05, 3.63) is 21.9 Å². The Kier molecular flexibility index (Phi) is 5.57. The number of carbonyl (C=O) groups excluding carboxylic acids is 1. The van der Waals surface area contributed by atoms with Gasteiger partial charge >= 0.3 is 0 Å². The van der Waals surface area contributed by atoms with Crippen LogP contribution in [0.5, 0.6) is 0 Å². The molecule has 1 N–H and O–H groups in total. The van der Waals surface area contributed by atoms with Crippen LogP contribution in [0.4, 0.5) is 0 Å². The van der Waals surface area contributed by atoms with Crippen LogP contribution in [0.25, 0.3) is 0 Å². The van der Waals surface area contributed by atoms with Crippen molar-refractivity contribution in [1.82, 2.24) is 10.2 Å². The Bertz CT molecular complexity index is 445. The Labute approximate surface area is 125 Å². The summed E-state index contributed by atoms with van der Waals surface area (Å²) in [6, 6.07) is 4.20. The minimum atomic E-state index is 0.0231. The van der Waals surface area contributed by atoms with Gasteiger partial charge in [-0.2, -0.15) is 0 Å². The van der Waals surface area contributed by atoms with Crippen molar-refractivity contribution in [3.63, 3.8) is 0 Å². The largest absolute Gasteiger partial charge is 0.380 e. The second kappa shape index (κ2) is 7.20. The number of hydrogen-bond acceptors (Lipinski definition) is 4. The number of aryl methyl sites for hydroxylation is 1. The summed E-state index contributed by atoms with van der Waals surface area (Å²) >= 11 is 1.74. The number of amides is 1. The van der Waals surface area contributed by atoms with Gasteiger partial charge in [0.05, 0.1) is 13.2 Å². The lowest BCUT2D eigenvalue weighted by molar-refractivity contribution is -0.128. The molecule has 112 valence electrons. The Morgan fingerprint density at radius 1 is 1.45 bits per heavy atom. The summed E-state index contributed by atoms with van der Waals surface area (Å²) in [5.74, 6) is 0.820. The van der Waals surface area contributed by atoms with E-state index in [0.717, 1.165) is 13.0 Å². The summed E-state index contributed by atoms with van der Waals surface area (Å²) in [5, 5.41) is 3.28. The molecule has 1 amide bonds. The van der Waals surface area contributed by atoms with E-state index in [0.29, 0.717) is 25.6 Å². The Balaban J connectivity index is 1.83. The number of thiophene rings is 1. The highest BCUT2D eigenvalue weighted by molar-refractivity contribution is 7.12. The van der Waals surface area contributed by atoms with Gasteiger partial charge in [-0.1, -0.05) is 13.8 Å². The quantitative estimate of drug-likeness (QED) is 0.786. The summed E-state index contributed by atoms with van der Waals surface area (Å²) in [7, 11) is 0. The number of nitrogens with one attached hydrogen (secondary N) is 1. The van der Waals surface area contributed by atoms with E-state index in [1.807, 2.05) is 4.90 Å². The molecule has 0 bridgehead atoms. The number of hydrogen-bond donors (Lipinski definition) is 1. The average Bonchev–Trinajstić information content (AvgIpc) is 2.96. The Morgan fingerprint density at radius 2 is 2.25 bits per heavy atom. The lowest BCUT2D eigenvalue weighted by atomic mass is 10.1. The maximum atomic E-state index is 11.9. The zero-order valence-electron chi connectivity index (χ0n) is 12.5. The summed E-state index contributed by atoms with van der Waals surface area (Å²) in [5.41, 5.74) is 0. The standard InChI is InChI=1S/C15H24N2O2S/c1-11(2)6-8-19-9-7-17-14(18)10-16-15(17)13-5-4-12(3)20-13/h4-5,11,15-16H,6-10H2,1-3H3. The normalized spacial score (nSPS) is 19.3. The molecule has 1 aliphatic rings. The van der Waals surface area contributed by atoms with Crippen LogP contribution in [0.15, 0.2) is 12.1 Å². The molecule has 1 unspecified atom stereocenters. The second-order valence-corrected chi connectivity index (χ2v) is 6.93. The average molecular weight is 296 g/mol. The van der Waals surface area contributed by atoms with Crippen molar-refractivity contribution in [2.24, 2.45) is 5.92 Å². The zero-order valence-corrected chi connectivity index (χ0v) is 13.3. The molecule has 1 aromatic rings. The molecule has 0 saturated carbocycles. The second-order valence-electron chi connectivity index (χ2n) is 5.61. The molecule has 1 atom stereocenters. The molecule has 5 heteroatoms. The van der Waals surface area contributed by atoms with Crippen molar-refractivity contribution < 1.29 is 9.53 Å². The van der Waals surface area contributed by atoms with Crippen LogP contribution in [-0.2, 0) is 9.53 Å². The van der Waals surface area contributed by atoms with Crippen LogP contribution in [0.1, 0.15) is 36.2 Å². The van der Waals surface area contributed by atoms with Crippen molar-refractivity contribution in [2.75, 3.05) is 26.3 Å². The van der Waals surface area contributed by atoms with Crippen molar-refractivity contribution >= 4 is 17.2 Å². The van der Waals surface area contributed by atoms with Crippen molar-refractivity contribution in [2.45, 2.75) is 33.4 Å². The predicted octanol–water partition coefficient (Wildman–Crippen LogP) is 2.55. The number of carbonyl (C=O) groups is 1. The highest BCUT2D eigenvalue weighted by atomic mass is 32.1. The molecule has 1 aliphatic heterocycles.